The second-order valence-electron chi connectivity index (χ2n) is 7.01. The number of nitrogens with two attached hydrogens (primary N) is 2. The predicted octanol–water partition coefficient (Wildman–Crippen LogP) is 2.46. The van der Waals surface area contributed by atoms with Crippen LogP contribution in [0.4, 0.5) is 5.82 Å². The molecule has 0 spiro atoms. The van der Waals surface area contributed by atoms with Gasteiger partial charge in [0.15, 0.2) is 0 Å². The third kappa shape index (κ3) is 2.63. The molecule has 1 aliphatic carbocycles. The second-order valence-corrected chi connectivity index (χ2v) is 7.01. The Morgan fingerprint density at radius 3 is 2.88 bits per heavy atom. The molecule has 6 N–H and O–H groups in total. The number of carbonyl (C=O) groups excluding carboxylic acids is 1. The number of likely N-dealkylation sites (tertiary alicyclic amines) is 1. The molecule has 2 fully saturated rings. The summed E-state index contributed by atoms with van der Waals surface area (Å²) in [6, 6.07) is 8.84. The molecule has 1 amide bonds. The van der Waals surface area contributed by atoms with Crippen molar-refractivity contribution < 1.29 is 9.90 Å². The van der Waals surface area contributed by atoms with E-state index in [1.165, 1.54) is 6.08 Å². The number of hydrogen-bond donors (Lipinski definition) is 4. The lowest BCUT2D eigenvalue weighted by Gasteiger charge is -2.25. The lowest BCUT2D eigenvalue weighted by Crippen LogP contribution is -2.31. The normalized spacial score (nSPS) is 24.4. The minimum atomic E-state index is -0.0545. The number of anilines is 1. The summed E-state index contributed by atoms with van der Waals surface area (Å²) in [5, 5.41) is 9.96. The number of nitrogens with one attached hydrogen (secondary N) is 1. The molecule has 1 aliphatic heterocycles. The standard InChI is InChI=1S/C20H22N4O2/c1-2-18(26)24-10-12-7-14(12)19(24)16-9-11(20(22)23-16)8-15(21)13-5-3-4-6-17(13)25/h2-6,8-9,12,14,19,23,25H,1,7,10,21-22H2/b15-8-. The zero-order valence-corrected chi connectivity index (χ0v) is 14.4. The van der Waals surface area contributed by atoms with E-state index in [1.807, 2.05) is 17.0 Å². The summed E-state index contributed by atoms with van der Waals surface area (Å²) < 4.78 is 0. The van der Waals surface area contributed by atoms with Crippen LogP contribution in [0.3, 0.4) is 0 Å². The van der Waals surface area contributed by atoms with Crippen molar-refractivity contribution in [2.75, 3.05) is 12.3 Å². The van der Waals surface area contributed by atoms with Crippen molar-refractivity contribution >= 4 is 23.5 Å². The van der Waals surface area contributed by atoms with Crippen LogP contribution in [0.15, 0.2) is 43.0 Å². The van der Waals surface area contributed by atoms with Crippen molar-refractivity contribution in [2.24, 2.45) is 17.6 Å². The van der Waals surface area contributed by atoms with Gasteiger partial charge in [-0.1, -0.05) is 18.7 Å². The first-order valence-electron chi connectivity index (χ1n) is 8.66. The van der Waals surface area contributed by atoms with Crippen molar-refractivity contribution in [3.05, 3.63) is 59.8 Å². The number of H-pyrrole nitrogens is 1. The molecule has 3 unspecified atom stereocenters. The van der Waals surface area contributed by atoms with Gasteiger partial charge in [-0.25, -0.2) is 0 Å². The molecule has 26 heavy (non-hydrogen) atoms. The molecule has 3 atom stereocenters. The number of phenols is 1. The number of carbonyl (C=O) groups is 1. The van der Waals surface area contributed by atoms with Crippen molar-refractivity contribution in [3.63, 3.8) is 0 Å². The van der Waals surface area contributed by atoms with Gasteiger partial charge in [0.2, 0.25) is 5.91 Å². The fourth-order valence-electron chi connectivity index (χ4n) is 3.96. The summed E-state index contributed by atoms with van der Waals surface area (Å²) >= 11 is 0. The molecule has 0 radical (unpaired) electrons. The second kappa shape index (κ2) is 5.98. The molecule has 1 aromatic heterocycles. The van der Waals surface area contributed by atoms with E-state index in [1.54, 1.807) is 24.3 Å². The van der Waals surface area contributed by atoms with Gasteiger partial charge < -0.3 is 26.5 Å². The minimum Gasteiger partial charge on any atom is -0.507 e. The fourth-order valence-corrected chi connectivity index (χ4v) is 3.96. The minimum absolute atomic E-state index is 0.00121. The van der Waals surface area contributed by atoms with E-state index in [4.69, 9.17) is 11.5 Å². The average molecular weight is 350 g/mol. The lowest BCUT2D eigenvalue weighted by atomic mass is 10.1. The molecule has 1 saturated heterocycles. The zero-order chi connectivity index (χ0) is 18.4. The summed E-state index contributed by atoms with van der Waals surface area (Å²) in [7, 11) is 0. The SMILES string of the molecule is C=CC(=O)N1CC2CC2C1c1cc(/C=C(\N)c2ccccc2O)c(N)[nH]1. The Labute approximate surface area is 151 Å². The lowest BCUT2D eigenvalue weighted by molar-refractivity contribution is -0.127. The topological polar surface area (TPSA) is 108 Å². The van der Waals surface area contributed by atoms with Gasteiger partial charge in [-0.3, -0.25) is 4.79 Å². The molecule has 6 heteroatoms. The molecule has 2 heterocycles. The number of nitrogens with zero attached hydrogens (tertiary/aromatic N) is 1. The molecular formula is C20H22N4O2. The summed E-state index contributed by atoms with van der Waals surface area (Å²) in [5.74, 6) is 1.60. The third-order valence-electron chi connectivity index (χ3n) is 5.35. The first kappa shape index (κ1) is 16.3. The van der Waals surface area contributed by atoms with E-state index in [-0.39, 0.29) is 17.7 Å². The van der Waals surface area contributed by atoms with Gasteiger partial charge in [-0.05, 0) is 48.6 Å². The van der Waals surface area contributed by atoms with Gasteiger partial charge in [0.1, 0.15) is 11.6 Å². The van der Waals surface area contributed by atoms with Gasteiger partial charge in [0, 0.05) is 29.1 Å². The number of fused-ring (bicyclic) bond motifs is 1. The Morgan fingerprint density at radius 2 is 2.15 bits per heavy atom. The Kier molecular flexibility index (Phi) is 3.76. The molecular weight excluding hydrogens is 328 g/mol. The zero-order valence-electron chi connectivity index (χ0n) is 14.4. The maximum absolute atomic E-state index is 12.2. The number of rotatable bonds is 4. The van der Waals surface area contributed by atoms with E-state index < -0.39 is 0 Å². The number of hydrogen-bond acceptors (Lipinski definition) is 4. The summed E-state index contributed by atoms with van der Waals surface area (Å²) in [6.45, 7) is 4.37. The number of aromatic nitrogens is 1. The third-order valence-corrected chi connectivity index (χ3v) is 5.35. The Bertz CT molecular complexity index is 914. The quantitative estimate of drug-likeness (QED) is 0.635. The molecule has 1 saturated carbocycles. The van der Waals surface area contributed by atoms with E-state index in [0.29, 0.717) is 28.9 Å². The highest BCUT2D eigenvalue weighted by atomic mass is 16.3. The highest BCUT2D eigenvalue weighted by Gasteiger charge is 2.54. The first-order chi connectivity index (χ1) is 12.5. The summed E-state index contributed by atoms with van der Waals surface area (Å²) in [5.41, 5.74) is 14.9. The van der Waals surface area contributed by atoms with Gasteiger partial charge in [-0.2, -0.15) is 0 Å². The van der Waals surface area contributed by atoms with Crippen LogP contribution < -0.4 is 11.5 Å². The molecule has 2 aliphatic rings. The van der Waals surface area contributed by atoms with Gasteiger partial charge >= 0.3 is 0 Å². The predicted molar refractivity (Wildman–Crippen MR) is 102 cm³/mol. The van der Waals surface area contributed by atoms with Crippen molar-refractivity contribution in [3.8, 4) is 5.75 Å². The number of aromatic amines is 1. The number of phenolic OH excluding ortho intramolecular Hbond substituents is 1. The maximum atomic E-state index is 12.2. The van der Waals surface area contributed by atoms with Crippen LogP contribution in [-0.2, 0) is 4.79 Å². The molecule has 134 valence electrons. The summed E-state index contributed by atoms with van der Waals surface area (Å²) in [6.07, 6.45) is 4.24. The first-order valence-corrected chi connectivity index (χ1v) is 8.66. The number of para-hydroxylation sites is 1. The number of benzene rings is 1. The molecule has 1 aromatic carbocycles. The van der Waals surface area contributed by atoms with E-state index in [2.05, 4.69) is 11.6 Å². The van der Waals surface area contributed by atoms with Crippen molar-refractivity contribution in [2.45, 2.75) is 12.5 Å². The monoisotopic (exact) mass is 350 g/mol. The van der Waals surface area contributed by atoms with E-state index in [0.717, 1.165) is 24.2 Å². The fraction of sp³-hybridized carbons (Fsp3) is 0.250. The maximum Gasteiger partial charge on any atom is 0.246 e. The van der Waals surface area contributed by atoms with Crippen LogP contribution in [-0.4, -0.2) is 27.4 Å². The van der Waals surface area contributed by atoms with Gasteiger partial charge in [0.25, 0.3) is 0 Å². The smallest absolute Gasteiger partial charge is 0.246 e. The number of nitrogen functional groups attached to an aromatic ring is 1. The van der Waals surface area contributed by atoms with Crippen LogP contribution in [0.1, 0.15) is 29.3 Å². The van der Waals surface area contributed by atoms with E-state index in [9.17, 15) is 9.90 Å². The van der Waals surface area contributed by atoms with Crippen molar-refractivity contribution in [1.29, 1.82) is 0 Å². The van der Waals surface area contributed by atoms with Crippen LogP contribution >= 0.6 is 0 Å². The number of aromatic hydroxyl groups is 1. The van der Waals surface area contributed by atoms with Crippen LogP contribution in [0.2, 0.25) is 0 Å². The largest absolute Gasteiger partial charge is 0.507 e. The summed E-state index contributed by atoms with van der Waals surface area (Å²) in [4.78, 5) is 17.2. The Morgan fingerprint density at radius 1 is 1.38 bits per heavy atom. The number of piperidine rings is 1. The molecule has 6 nitrogen and oxygen atoms in total. The van der Waals surface area contributed by atoms with Crippen LogP contribution in [0, 0.1) is 11.8 Å². The van der Waals surface area contributed by atoms with Crippen LogP contribution in [0.25, 0.3) is 11.8 Å². The Balaban J connectivity index is 1.66. The average Bonchev–Trinajstić information content (AvgIpc) is 3.15. The molecule has 4 rings (SSSR count). The molecule has 0 bridgehead atoms. The Hall–Kier alpha value is -3.15. The van der Waals surface area contributed by atoms with Crippen LogP contribution in [0.5, 0.6) is 5.75 Å². The van der Waals surface area contributed by atoms with Gasteiger partial charge in [-0.15, -0.1) is 0 Å². The number of amides is 1. The highest BCUT2D eigenvalue weighted by Crippen LogP contribution is 2.56. The van der Waals surface area contributed by atoms with Crippen molar-refractivity contribution in [1.82, 2.24) is 9.88 Å². The van der Waals surface area contributed by atoms with Gasteiger partial charge in [0.05, 0.1) is 6.04 Å². The highest BCUT2D eigenvalue weighted by molar-refractivity contribution is 5.88. The molecule has 2 aromatic rings. The van der Waals surface area contributed by atoms with E-state index >= 15 is 0 Å².